The van der Waals surface area contributed by atoms with Crippen LogP contribution in [0.3, 0.4) is 0 Å². The molecule has 3 N–H and O–H groups in total. The summed E-state index contributed by atoms with van der Waals surface area (Å²) in [5.41, 5.74) is 27.2. The van der Waals surface area contributed by atoms with Crippen LogP contribution in [-0.2, 0) is 22.6 Å². The molecule has 3 aromatic rings. The summed E-state index contributed by atoms with van der Waals surface area (Å²) in [5.74, 6) is 11.5. The van der Waals surface area contributed by atoms with Gasteiger partial charge in [-0.25, -0.2) is 5.26 Å². The molecular formula is C78H97K2N5O3Si2. The Kier molecular flexibility index (Phi) is 76.8. The average Bonchev–Trinajstić information content (AvgIpc) is 3.63. The van der Waals surface area contributed by atoms with E-state index >= 15 is 0 Å². The van der Waals surface area contributed by atoms with E-state index in [2.05, 4.69) is 206 Å². The molecule has 0 radical (unpaired) electrons. The zero-order valence-corrected chi connectivity index (χ0v) is 65.2. The number of nitriles is 3. The maximum Gasteiger partial charge on any atom is 1.00 e. The number of carbonyl (C=O) groups is 1. The van der Waals surface area contributed by atoms with Crippen molar-refractivity contribution in [3.8, 4) is 79.2 Å². The van der Waals surface area contributed by atoms with Crippen LogP contribution in [-0.4, -0.2) is 29.7 Å². The fourth-order valence-corrected chi connectivity index (χ4v) is 5.66. The minimum absolute atomic E-state index is 0. The molecule has 0 aromatic heterocycles. The third-order valence-corrected chi connectivity index (χ3v) is 11.2. The minimum atomic E-state index is -1.26. The maximum atomic E-state index is 8.77. The molecule has 0 saturated heterocycles. The van der Waals surface area contributed by atoms with Crippen molar-refractivity contribution in [3.63, 3.8) is 0 Å². The van der Waals surface area contributed by atoms with Crippen molar-refractivity contribution in [2.45, 2.75) is 100 Å². The first kappa shape index (κ1) is 102. The van der Waals surface area contributed by atoms with Gasteiger partial charge in [0, 0.05) is 48.1 Å². The van der Waals surface area contributed by atoms with Gasteiger partial charge in [-0.1, -0.05) is 236 Å². The number of benzene rings is 3. The van der Waals surface area contributed by atoms with E-state index < -0.39 is 16.1 Å². The van der Waals surface area contributed by atoms with Crippen LogP contribution in [0.4, 0.5) is 0 Å². The van der Waals surface area contributed by atoms with Crippen molar-refractivity contribution in [2.75, 3.05) is 7.05 Å². The molecule has 0 aliphatic heterocycles. The third kappa shape index (κ3) is 75.2. The van der Waals surface area contributed by atoms with Crippen LogP contribution in [0.5, 0.6) is 0 Å². The Labute approximate surface area is 635 Å². The van der Waals surface area contributed by atoms with Gasteiger partial charge in [0.1, 0.15) is 16.1 Å². The van der Waals surface area contributed by atoms with Gasteiger partial charge in [-0.3, -0.25) is 4.79 Å². The van der Waals surface area contributed by atoms with Gasteiger partial charge in [-0.15, -0.1) is 36.8 Å². The normalized spacial score (nSPS) is 9.52. The Hall–Kier alpha value is -7.07. The summed E-state index contributed by atoms with van der Waals surface area (Å²) in [6, 6.07) is 27.3. The molecule has 0 aliphatic carbocycles. The first-order valence-electron chi connectivity index (χ1n) is 27.1. The monoisotopic (exact) mass is 1290 g/mol. The molecule has 3 aromatic carbocycles. The quantitative estimate of drug-likeness (QED) is 0.0358. The summed E-state index contributed by atoms with van der Waals surface area (Å²) >= 11 is 0. The van der Waals surface area contributed by atoms with Crippen molar-refractivity contribution in [2.24, 2.45) is 5.73 Å². The standard InChI is InChI=1S/C16H22N2.C16H13N.C12H18Si.C9H10.C8H7N.C8H12.C5H10Si.C2H2.CHN.CH2O3.2K.H/c1-4-14(10-13(2)18-3)8-9-15-6-5-7-16(11-15)12-17;1-4-14(10-13(2)3)8-9-15-6-5-7-16(11-15)12-17;1-7-11(2)10-12(3)8-9-13(4,5)6;1-5-8(3)7-9(4)6-2;1-7-3-2-4-8(5-7)6-9;1-5-8(4)6-7(2)3;1-5-6(2,3)4;2*1-2;2-1-4-3;;;/h4-7,10-11,18H,1-2,8-9,12,17H2,3H3;4-7,10-11H,1-2H2,3H3;7,10H,1,3H2,2,4-6H3;1,6-7H,2-3H2,4H3;2-5H,1H3;5-6H,1-2H2,3-4H3;1H,2-4H3;1-2H;1H;1,3H;;;/q;;;;;;;;;;2*+1;-1/p-1. The van der Waals surface area contributed by atoms with Crippen molar-refractivity contribution in [1.82, 2.24) is 5.32 Å². The van der Waals surface area contributed by atoms with Gasteiger partial charge in [0.25, 0.3) is 6.47 Å². The second-order valence-electron chi connectivity index (χ2n) is 20.2. The summed E-state index contributed by atoms with van der Waals surface area (Å²) < 4.78 is 0. The van der Waals surface area contributed by atoms with Gasteiger partial charge in [-0.2, -0.15) is 10.5 Å². The van der Waals surface area contributed by atoms with Gasteiger partial charge >= 0.3 is 103 Å². The summed E-state index contributed by atoms with van der Waals surface area (Å²) in [4.78, 5) is 11.2. The van der Waals surface area contributed by atoms with Crippen LogP contribution in [0.1, 0.15) is 75.8 Å². The minimum Gasteiger partial charge on any atom is -1.00 e. The van der Waals surface area contributed by atoms with Gasteiger partial charge in [0.2, 0.25) is 0 Å². The van der Waals surface area contributed by atoms with Crippen LogP contribution in [0.25, 0.3) is 0 Å². The topological polar surface area (TPSA) is 159 Å². The van der Waals surface area contributed by atoms with E-state index in [-0.39, 0.29) is 111 Å². The van der Waals surface area contributed by atoms with E-state index in [0.717, 1.165) is 74.2 Å². The van der Waals surface area contributed by atoms with Crippen LogP contribution < -0.4 is 119 Å². The Balaban J connectivity index is -0.000000105. The Morgan fingerprint density at radius 2 is 1.08 bits per heavy atom. The molecule has 0 fully saturated rings. The molecule has 0 atom stereocenters. The summed E-state index contributed by atoms with van der Waals surface area (Å²) in [6.45, 7) is 66.0. The molecule has 462 valence electrons. The van der Waals surface area contributed by atoms with E-state index in [1.807, 2.05) is 121 Å². The zero-order chi connectivity index (χ0) is 69.7. The molecule has 0 amide bonds. The van der Waals surface area contributed by atoms with Crippen LogP contribution in [0, 0.1) is 102 Å². The second-order valence-corrected chi connectivity index (χ2v) is 29.7. The first-order chi connectivity index (χ1) is 41.4. The molecule has 0 unspecified atom stereocenters. The van der Waals surface area contributed by atoms with Crippen molar-refractivity contribution < 1.29 is 119 Å². The molecule has 12 heteroatoms. The number of aryl methyl sites for hydroxylation is 2. The van der Waals surface area contributed by atoms with E-state index in [4.69, 9.17) is 44.4 Å². The molecule has 90 heavy (non-hydrogen) atoms. The number of carbonyl (C=O) groups excluding carboxylic acids is 1. The second kappa shape index (κ2) is 67.8. The number of nitrogens with two attached hydrogens (primary N) is 1. The molecule has 0 heterocycles. The Morgan fingerprint density at radius 3 is 1.43 bits per heavy atom. The molecule has 0 bridgehead atoms. The number of nitrogens with one attached hydrogen (secondary N) is 1. The molecule has 0 saturated carbocycles. The van der Waals surface area contributed by atoms with Crippen LogP contribution in [0.2, 0.25) is 39.3 Å². The SMILES string of the molecule is C#C.C#CC(=C)C=C(C)C=C.C#C[Si](C)(C)C.C#N.C=CC(=CC(=C)NC)CCc1cccc(CN)c1.C=CC(C#Cc1cccc(C#N)c1)=CC(=C)C.C=CC(C)=CC(=C)C.C=CC(C)=CC(=C)C#C[Si](C)(C)C.Cc1cccc(C#N)c1.O=CO[O-].[H-].[K+].[K+]. The van der Waals surface area contributed by atoms with Gasteiger partial charge in [0.05, 0.1) is 23.3 Å². The van der Waals surface area contributed by atoms with E-state index in [0.29, 0.717) is 17.7 Å². The van der Waals surface area contributed by atoms with Crippen molar-refractivity contribution in [3.05, 3.63) is 289 Å². The fraction of sp³-hybridized carbons (Fsp3) is 0.205. The third-order valence-electron chi connectivity index (χ3n) is 9.48. The number of terminal acetylenes is 3. The first-order valence-corrected chi connectivity index (χ1v) is 34.1. The number of rotatable bonds is 16. The van der Waals surface area contributed by atoms with Crippen molar-refractivity contribution >= 4 is 22.6 Å². The van der Waals surface area contributed by atoms with Crippen LogP contribution >= 0.6 is 0 Å². The predicted molar refractivity (Wildman–Crippen MR) is 388 cm³/mol. The van der Waals surface area contributed by atoms with E-state index in [1.54, 1.807) is 36.4 Å². The Bertz CT molecular complexity index is 3260. The fourth-order valence-electron chi connectivity index (χ4n) is 5.13. The van der Waals surface area contributed by atoms with Gasteiger partial charge in [0.15, 0.2) is 0 Å². The number of nitrogens with zero attached hydrogens (tertiary/aromatic N) is 3. The summed E-state index contributed by atoms with van der Waals surface area (Å²) in [5, 5.41) is 35.1. The molecule has 0 aliphatic rings. The maximum absolute atomic E-state index is 8.77. The molecule has 0 spiro atoms. The number of hydrogen-bond acceptors (Lipinski definition) is 8. The van der Waals surface area contributed by atoms with Gasteiger partial charge < -0.3 is 22.6 Å². The number of allylic oxidation sites excluding steroid dienone is 19. The smallest absolute Gasteiger partial charge is 1.00 e. The molecule has 3 rings (SSSR count). The van der Waals surface area contributed by atoms with Gasteiger partial charge in [-0.05, 0) is 131 Å². The average molecular weight is 1290 g/mol. The number of likely N-dealkylation sites (N-methyl/N-ethyl adjacent to an activating group) is 1. The number of hydrogen-bond donors (Lipinski definition) is 2. The summed E-state index contributed by atoms with van der Waals surface area (Å²) in [6.07, 6.45) is 38.7. The summed E-state index contributed by atoms with van der Waals surface area (Å²) in [7, 11) is -0.496. The predicted octanol–water partition coefficient (Wildman–Crippen LogP) is 11.4. The van der Waals surface area contributed by atoms with Crippen molar-refractivity contribution in [1.29, 1.82) is 15.8 Å². The van der Waals surface area contributed by atoms with Crippen LogP contribution in [0.15, 0.2) is 255 Å². The largest absolute Gasteiger partial charge is 1.00 e. The Morgan fingerprint density at radius 1 is 0.644 bits per heavy atom. The van der Waals surface area contributed by atoms with E-state index in [9.17, 15) is 0 Å². The molecular weight excluding hydrogens is 1190 g/mol. The van der Waals surface area contributed by atoms with E-state index in [1.165, 1.54) is 16.7 Å². The zero-order valence-electron chi connectivity index (χ0n) is 58.0. The molecule has 8 nitrogen and oxygen atoms in total.